The fourth-order valence-corrected chi connectivity index (χ4v) is 6.81. The number of piperidine rings is 1. The van der Waals surface area contributed by atoms with E-state index in [-0.39, 0.29) is 24.6 Å². The Morgan fingerprint density at radius 1 is 0.939 bits per heavy atom. The molecule has 5 aromatic rings. The fourth-order valence-electron chi connectivity index (χ4n) is 6.10. The zero-order valence-corrected chi connectivity index (χ0v) is 27.5. The van der Waals surface area contributed by atoms with Crippen LogP contribution in [0.2, 0.25) is 0 Å². The number of carbonyl (C=O) groups is 1. The smallest absolute Gasteiger partial charge is 0.417 e. The summed E-state index contributed by atoms with van der Waals surface area (Å²) in [5, 5.41) is 12.4. The summed E-state index contributed by atoms with van der Waals surface area (Å²) in [4.78, 5) is 18.6. The molecule has 1 saturated heterocycles. The van der Waals surface area contributed by atoms with Gasteiger partial charge in [-0.15, -0.1) is 11.3 Å². The number of hydrogen-bond acceptors (Lipinski definition) is 6. The number of carboxylic acids is 1. The van der Waals surface area contributed by atoms with Crippen molar-refractivity contribution in [3.05, 3.63) is 123 Å². The second-order valence-corrected chi connectivity index (χ2v) is 12.9. The summed E-state index contributed by atoms with van der Waals surface area (Å²) < 4.78 is 67.3. The lowest BCUT2D eigenvalue weighted by Crippen LogP contribution is -2.44. The van der Waals surface area contributed by atoms with Gasteiger partial charge in [0.05, 0.1) is 11.3 Å². The van der Waals surface area contributed by atoms with Gasteiger partial charge in [-0.25, -0.2) is 9.37 Å². The van der Waals surface area contributed by atoms with Crippen molar-refractivity contribution in [2.24, 2.45) is 0 Å². The Morgan fingerprint density at radius 3 is 2.49 bits per heavy atom. The second-order valence-electron chi connectivity index (χ2n) is 11.9. The predicted molar refractivity (Wildman–Crippen MR) is 180 cm³/mol. The lowest BCUT2D eigenvalue weighted by molar-refractivity contribution is -0.145. The zero-order chi connectivity index (χ0) is 34.5. The highest BCUT2D eigenvalue weighted by Crippen LogP contribution is 2.39. The summed E-state index contributed by atoms with van der Waals surface area (Å²) in [6.45, 7) is 3.04. The standard InChI is InChI=1S/C38H34F4N2O4S/c1-24-27(7-6-9-30(24)31-8-2-3-10-32(31)38(40,41)42)21-47-29-17-14-26(20-44-18-5-4-11-34(44)37(45)46)35(19-29)48-22-36-43-33(23-49-36)25-12-15-28(39)16-13-25/h2-3,6-10,12-17,19,23,34H,4-5,11,18,20-22H2,1H3,(H,45,46)/t34-/m0/s1. The van der Waals surface area contributed by atoms with Crippen molar-refractivity contribution < 1.29 is 36.9 Å². The summed E-state index contributed by atoms with van der Waals surface area (Å²) in [7, 11) is 0. The number of thiazole rings is 1. The van der Waals surface area contributed by atoms with Crippen LogP contribution in [0.5, 0.6) is 11.5 Å². The molecule has 1 aromatic heterocycles. The van der Waals surface area contributed by atoms with Crippen LogP contribution >= 0.6 is 11.3 Å². The molecule has 254 valence electrons. The average Bonchev–Trinajstić information content (AvgIpc) is 3.57. The van der Waals surface area contributed by atoms with Gasteiger partial charge in [0.15, 0.2) is 0 Å². The molecule has 4 aromatic carbocycles. The van der Waals surface area contributed by atoms with E-state index in [9.17, 15) is 27.5 Å². The highest BCUT2D eigenvalue weighted by atomic mass is 32.1. The number of hydrogen-bond donors (Lipinski definition) is 1. The molecule has 1 aliphatic heterocycles. The Labute approximate surface area is 285 Å². The maximum atomic E-state index is 13.8. The number of nitrogens with zero attached hydrogens (tertiary/aromatic N) is 2. The van der Waals surface area contributed by atoms with Gasteiger partial charge in [0, 0.05) is 29.1 Å². The van der Waals surface area contributed by atoms with Crippen molar-refractivity contribution in [1.82, 2.24) is 9.88 Å². The first kappa shape index (κ1) is 34.1. The number of halogens is 4. The molecule has 1 fully saturated rings. The van der Waals surface area contributed by atoms with Crippen molar-refractivity contribution >= 4 is 17.3 Å². The van der Waals surface area contributed by atoms with Gasteiger partial charge in [0.2, 0.25) is 0 Å². The van der Waals surface area contributed by atoms with Gasteiger partial charge in [-0.1, -0.05) is 48.9 Å². The van der Waals surface area contributed by atoms with Crippen LogP contribution in [-0.2, 0) is 30.7 Å². The van der Waals surface area contributed by atoms with Gasteiger partial charge in [-0.3, -0.25) is 9.69 Å². The predicted octanol–water partition coefficient (Wildman–Crippen LogP) is 9.54. The normalized spacial score (nSPS) is 15.2. The van der Waals surface area contributed by atoms with Gasteiger partial charge in [0.25, 0.3) is 0 Å². The molecule has 0 aliphatic carbocycles. The van der Waals surface area contributed by atoms with Crippen molar-refractivity contribution in [3.63, 3.8) is 0 Å². The number of aromatic nitrogens is 1. The second kappa shape index (κ2) is 14.8. The van der Waals surface area contributed by atoms with Gasteiger partial charge < -0.3 is 14.6 Å². The van der Waals surface area contributed by atoms with Crippen molar-refractivity contribution in [3.8, 4) is 33.9 Å². The number of likely N-dealkylation sites (tertiary alicyclic amines) is 1. The first-order chi connectivity index (χ1) is 23.6. The van der Waals surface area contributed by atoms with Crippen LogP contribution in [0.3, 0.4) is 0 Å². The molecule has 11 heteroatoms. The molecule has 1 aliphatic rings. The molecule has 6 rings (SSSR count). The molecule has 0 bridgehead atoms. The van der Waals surface area contributed by atoms with Gasteiger partial charge >= 0.3 is 12.1 Å². The quantitative estimate of drug-likeness (QED) is 0.139. The van der Waals surface area contributed by atoms with E-state index in [2.05, 4.69) is 4.98 Å². The highest BCUT2D eigenvalue weighted by molar-refractivity contribution is 7.09. The van der Waals surface area contributed by atoms with E-state index in [1.54, 1.807) is 49.4 Å². The van der Waals surface area contributed by atoms with Crippen LogP contribution in [0.15, 0.2) is 90.3 Å². The third-order valence-corrected chi connectivity index (χ3v) is 9.54. The first-order valence-electron chi connectivity index (χ1n) is 15.9. The molecule has 0 saturated carbocycles. The van der Waals surface area contributed by atoms with E-state index >= 15 is 0 Å². The molecular formula is C38H34F4N2O4S. The molecule has 6 nitrogen and oxygen atoms in total. The molecule has 0 spiro atoms. The molecular weight excluding hydrogens is 656 g/mol. The largest absolute Gasteiger partial charge is 0.489 e. The molecule has 0 unspecified atom stereocenters. The van der Waals surface area contributed by atoms with Crippen LogP contribution in [0.25, 0.3) is 22.4 Å². The minimum atomic E-state index is -4.49. The van der Waals surface area contributed by atoms with Crippen molar-refractivity contribution in [1.29, 1.82) is 0 Å². The Kier molecular flexibility index (Phi) is 10.3. The Balaban J connectivity index is 1.24. The number of alkyl halides is 3. The molecule has 1 atom stereocenters. The summed E-state index contributed by atoms with van der Waals surface area (Å²) in [5.74, 6) is -0.187. The van der Waals surface area contributed by atoms with Crippen LogP contribution < -0.4 is 9.47 Å². The van der Waals surface area contributed by atoms with E-state index in [4.69, 9.17) is 9.47 Å². The van der Waals surface area contributed by atoms with Gasteiger partial charge in [-0.05, 0) is 85.0 Å². The number of benzene rings is 4. The van der Waals surface area contributed by atoms with Crippen LogP contribution in [0.4, 0.5) is 17.6 Å². The van der Waals surface area contributed by atoms with Crippen LogP contribution in [0.1, 0.15) is 46.5 Å². The minimum Gasteiger partial charge on any atom is -0.489 e. The van der Waals surface area contributed by atoms with Gasteiger partial charge in [0.1, 0.15) is 41.6 Å². The number of aliphatic carboxylic acids is 1. The van der Waals surface area contributed by atoms with E-state index in [0.717, 1.165) is 35.6 Å². The van der Waals surface area contributed by atoms with Gasteiger partial charge in [-0.2, -0.15) is 13.2 Å². The van der Waals surface area contributed by atoms with E-state index in [1.807, 2.05) is 22.4 Å². The van der Waals surface area contributed by atoms with Crippen molar-refractivity contribution in [2.45, 2.75) is 58.2 Å². The molecule has 1 N–H and O–H groups in total. The van der Waals surface area contributed by atoms with E-state index in [0.29, 0.717) is 52.8 Å². The molecule has 2 heterocycles. The minimum absolute atomic E-state index is 0.105. The lowest BCUT2D eigenvalue weighted by atomic mass is 9.93. The lowest BCUT2D eigenvalue weighted by Gasteiger charge is -2.33. The summed E-state index contributed by atoms with van der Waals surface area (Å²) in [6, 6.07) is 21.6. The number of carboxylic acid groups (broad SMARTS) is 1. The monoisotopic (exact) mass is 690 g/mol. The third-order valence-electron chi connectivity index (χ3n) is 8.72. The third kappa shape index (κ3) is 8.12. The summed E-state index contributed by atoms with van der Waals surface area (Å²) >= 11 is 1.41. The van der Waals surface area contributed by atoms with Crippen LogP contribution in [-0.4, -0.2) is 33.5 Å². The SMILES string of the molecule is Cc1c(COc2ccc(CN3CCCC[C@H]3C(=O)O)c(OCc3nc(-c4ccc(F)cc4)cs3)c2)cccc1-c1ccccc1C(F)(F)F. The number of rotatable bonds is 11. The topological polar surface area (TPSA) is 71.9 Å². The molecule has 49 heavy (non-hydrogen) atoms. The maximum Gasteiger partial charge on any atom is 0.417 e. The Bertz CT molecular complexity index is 1930. The van der Waals surface area contributed by atoms with E-state index < -0.39 is 23.8 Å². The fraction of sp³-hybridized carbons (Fsp3) is 0.263. The zero-order valence-electron chi connectivity index (χ0n) is 26.7. The molecule has 0 amide bonds. The Morgan fingerprint density at radius 2 is 1.71 bits per heavy atom. The maximum absolute atomic E-state index is 13.8. The Hall–Kier alpha value is -4.74. The van der Waals surface area contributed by atoms with E-state index in [1.165, 1.54) is 35.6 Å². The summed E-state index contributed by atoms with van der Waals surface area (Å²) in [6.07, 6.45) is -2.16. The number of ether oxygens (including phenoxy) is 2. The van der Waals surface area contributed by atoms with Crippen LogP contribution in [0, 0.1) is 12.7 Å². The first-order valence-corrected chi connectivity index (χ1v) is 16.8. The van der Waals surface area contributed by atoms with Crippen molar-refractivity contribution in [2.75, 3.05) is 6.54 Å². The summed E-state index contributed by atoms with van der Waals surface area (Å²) in [5.41, 5.74) is 3.57. The molecule has 0 radical (unpaired) electrons. The average molecular weight is 691 g/mol. The highest BCUT2D eigenvalue weighted by Gasteiger charge is 2.34.